The van der Waals surface area contributed by atoms with E-state index in [4.69, 9.17) is 5.73 Å². The molecule has 0 spiro atoms. The molecule has 0 radical (unpaired) electrons. The van der Waals surface area contributed by atoms with Gasteiger partial charge in [-0.1, -0.05) is 66.2 Å². The largest absolute Gasteiger partial charge is 0.399 e. The van der Waals surface area contributed by atoms with Gasteiger partial charge in [-0.25, -0.2) is 0 Å². The van der Waals surface area contributed by atoms with Crippen molar-refractivity contribution in [3.63, 3.8) is 0 Å². The Labute approximate surface area is 140 Å². The fourth-order valence-corrected chi connectivity index (χ4v) is 2.61. The van der Waals surface area contributed by atoms with Crippen molar-refractivity contribution in [2.75, 3.05) is 5.73 Å². The summed E-state index contributed by atoms with van der Waals surface area (Å²) in [7, 11) is 0. The summed E-state index contributed by atoms with van der Waals surface area (Å²) in [5, 5.41) is 0. The monoisotopic (exact) mass is 315 g/mol. The molecule has 2 N–H and O–H groups in total. The van der Waals surface area contributed by atoms with Crippen LogP contribution in [0.25, 0.3) is 0 Å². The van der Waals surface area contributed by atoms with Crippen molar-refractivity contribution in [3.8, 4) is 0 Å². The van der Waals surface area contributed by atoms with Crippen molar-refractivity contribution in [2.45, 2.75) is 6.92 Å². The summed E-state index contributed by atoms with van der Waals surface area (Å²) in [6.45, 7) is 2.04. The molecule has 0 atom stereocenters. The Balaban J connectivity index is 0.000000179. The molecule has 3 aromatic rings. The summed E-state index contributed by atoms with van der Waals surface area (Å²) in [6.07, 6.45) is 0. The molecule has 0 fully saturated rings. The van der Waals surface area contributed by atoms with Gasteiger partial charge in [0.2, 0.25) is 0 Å². The topological polar surface area (TPSA) is 60.2 Å². The minimum atomic E-state index is -0.0641. The van der Waals surface area contributed by atoms with Gasteiger partial charge in [-0.15, -0.1) is 0 Å². The maximum Gasteiger partial charge on any atom is 0.194 e. The first-order valence-electron chi connectivity index (χ1n) is 7.67. The van der Waals surface area contributed by atoms with Crippen LogP contribution in [-0.4, -0.2) is 11.6 Å². The second-order valence-electron chi connectivity index (χ2n) is 5.66. The lowest BCUT2D eigenvalue weighted by atomic mass is 9.84. The van der Waals surface area contributed by atoms with Crippen molar-refractivity contribution < 1.29 is 9.59 Å². The van der Waals surface area contributed by atoms with E-state index < -0.39 is 0 Å². The predicted molar refractivity (Wildman–Crippen MR) is 95.3 cm³/mol. The molecule has 0 saturated carbocycles. The highest BCUT2D eigenvalue weighted by Gasteiger charge is 2.28. The van der Waals surface area contributed by atoms with E-state index in [0.717, 1.165) is 5.69 Å². The van der Waals surface area contributed by atoms with Gasteiger partial charge in [-0.05, 0) is 19.1 Å². The van der Waals surface area contributed by atoms with Crippen LogP contribution in [0.1, 0.15) is 37.4 Å². The van der Waals surface area contributed by atoms with E-state index in [2.05, 4.69) is 0 Å². The summed E-state index contributed by atoms with van der Waals surface area (Å²) < 4.78 is 0. The normalized spacial score (nSPS) is 11.9. The molecule has 3 aromatic carbocycles. The molecule has 3 heteroatoms. The van der Waals surface area contributed by atoms with Gasteiger partial charge in [0.25, 0.3) is 0 Å². The summed E-state index contributed by atoms with van der Waals surface area (Å²) >= 11 is 0. The van der Waals surface area contributed by atoms with Crippen LogP contribution in [0.5, 0.6) is 0 Å². The minimum absolute atomic E-state index is 0.0641. The molecule has 118 valence electrons. The summed E-state index contributed by atoms with van der Waals surface area (Å²) in [5.74, 6) is -0.128. The zero-order valence-electron chi connectivity index (χ0n) is 13.3. The smallest absolute Gasteiger partial charge is 0.194 e. The number of carbonyl (C=O) groups excluding carboxylic acids is 2. The second kappa shape index (κ2) is 6.50. The maximum atomic E-state index is 12.1. The Hall–Kier alpha value is -3.20. The highest BCUT2D eigenvalue weighted by atomic mass is 16.1. The van der Waals surface area contributed by atoms with Crippen molar-refractivity contribution in [2.24, 2.45) is 0 Å². The van der Waals surface area contributed by atoms with Gasteiger partial charge < -0.3 is 5.73 Å². The number of hydrogen-bond acceptors (Lipinski definition) is 3. The quantitative estimate of drug-likeness (QED) is 0.498. The Kier molecular flexibility index (Phi) is 4.25. The maximum absolute atomic E-state index is 12.1. The van der Waals surface area contributed by atoms with Gasteiger partial charge in [0, 0.05) is 27.9 Å². The van der Waals surface area contributed by atoms with E-state index in [1.54, 1.807) is 48.5 Å². The molecule has 1 aliphatic rings. The van der Waals surface area contributed by atoms with Crippen LogP contribution in [-0.2, 0) is 0 Å². The lowest BCUT2D eigenvalue weighted by Gasteiger charge is -2.16. The molecular weight excluding hydrogens is 298 g/mol. The highest BCUT2D eigenvalue weighted by Crippen LogP contribution is 2.26. The molecule has 4 rings (SSSR count). The minimum Gasteiger partial charge on any atom is -0.399 e. The number of anilines is 1. The first-order valence-corrected chi connectivity index (χ1v) is 7.67. The van der Waals surface area contributed by atoms with Crippen molar-refractivity contribution in [3.05, 3.63) is 101 Å². The number of hydrogen-bond donors (Lipinski definition) is 1. The predicted octanol–water partition coefficient (Wildman–Crippen LogP) is 4.04. The molecular formula is C21H17NO2. The van der Waals surface area contributed by atoms with Gasteiger partial charge in [-0.2, -0.15) is 0 Å². The number of benzene rings is 3. The summed E-state index contributed by atoms with van der Waals surface area (Å²) in [5.41, 5.74) is 9.53. The van der Waals surface area contributed by atoms with E-state index in [9.17, 15) is 9.59 Å². The van der Waals surface area contributed by atoms with Gasteiger partial charge in [0.15, 0.2) is 11.6 Å². The van der Waals surface area contributed by atoms with Crippen LogP contribution < -0.4 is 5.73 Å². The van der Waals surface area contributed by atoms with Gasteiger partial charge in [0.05, 0.1) is 0 Å². The van der Waals surface area contributed by atoms with E-state index in [1.807, 2.05) is 31.2 Å². The molecule has 0 saturated heterocycles. The zero-order chi connectivity index (χ0) is 17.1. The summed E-state index contributed by atoms with van der Waals surface area (Å²) in [6, 6.07) is 21.7. The average molecular weight is 315 g/mol. The van der Waals surface area contributed by atoms with Crippen LogP contribution in [0.2, 0.25) is 0 Å². The Morgan fingerprint density at radius 1 is 0.583 bits per heavy atom. The average Bonchev–Trinajstić information content (AvgIpc) is 2.63. The van der Waals surface area contributed by atoms with Crippen LogP contribution in [0, 0.1) is 6.92 Å². The van der Waals surface area contributed by atoms with Crippen LogP contribution in [0.15, 0.2) is 72.8 Å². The van der Waals surface area contributed by atoms with E-state index >= 15 is 0 Å². The van der Waals surface area contributed by atoms with Crippen molar-refractivity contribution in [1.82, 2.24) is 0 Å². The number of aryl methyl sites for hydroxylation is 1. The second-order valence-corrected chi connectivity index (χ2v) is 5.66. The first-order chi connectivity index (χ1) is 11.6. The SMILES string of the molecule is Cc1ccc(N)cc1.O=C1c2ccccc2C(=O)c2ccccc21. The Bertz CT molecular complexity index is 785. The fourth-order valence-electron chi connectivity index (χ4n) is 2.61. The number of nitrogen functional groups attached to an aromatic ring is 1. The molecule has 0 aliphatic heterocycles. The van der Waals surface area contributed by atoms with Crippen molar-refractivity contribution >= 4 is 17.3 Å². The van der Waals surface area contributed by atoms with Crippen molar-refractivity contribution in [1.29, 1.82) is 0 Å². The van der Waals surface area contributed by atoms with E-state index in [1.165, 1.54) is 5.56 Å². The van der Waals surface area contributed by atoms with E-state index in [-0.39, 0.29) is 11.6 Å². The fraction of sp³-hybridized carbons (Fsp3) is 0.0476. The third-order valence-electron chi connectivity index (χ3n) is 3.91. The Morgan fingerprint density at radius 3 is 1.21 bits per heavy atom. The molecule has 0 aromatic heterocycles. The van der Waals surface area contributed by atoms with Gasteiger partial charge in [0.1, 0.15) is 0 Å². The zero-order valence-corrected chi connectivity index (χ0v) is 13.3. The van der Waals surface area contributed by atoms with Gasteiger partial charge >= 0.3 is 0 Å². The molecule has 0 unspecified atom stereocenters. The molecule has 3 nitrogen and oxygen atoms in total. The molecule has 0 bridgehead atoms. The Morgan fingerprint density at radius 2 is 0.917 bits per heavy atom. The number of nitrogens with two attached hydrogens (primary N) is 1. The van der Waals surface area contributed by atoms with Crippen LogP contribution >= 0.6 is 0 Å². The lowest BCUT2D eigenvalue weighted by molar-refractivity contribution is 0.0979. The number of rotatable bonds is 0. The molecule has 24 heavy (non-hydrogen) atoms. The van der Waals surface area contributed by atoms with Gasteiger partial charge in [-0.3, -0.25) is 9.59 Å². The van der Waals surface area contributed by atoms with E-state index in [0.29, 0.717) is 22.3 Å². The third-order valence-corrected chi connectivity index (χ3v) is 3.91. The number of carbonyl (C=O) groups is 2. The number of fused-ring (bicyclic) bond motifs is 2. The lowest BCUT2D eigenvalue weighted by Crippen LogP contribution is -2.20. The van der Waals surface area contributed by atoms with Crippen LogP contribution in [0.3, 0.4) is 0 Å². The summed E-state index contributed by atoms with van der Waals surface area (Å²) in [4.78, 5) is 24.2. The third kappa shape index (κ3) is 2.97. The molecule has 0 amide bonds. The standard InChI is InChI=1S/C14H8O2.C7H9N/c15-13-9-5-1-2-6-10(9)14(16)12-8-4-3-7-11(12)13;1-6-2-4-7(8)5-3-6/h1-8H;2-5H,8H2,1H3. The molecule has 1 aliphatic carbocycles. The highest BCUT2D eigenvalue weighted by molar-refractivity contribution is 6.28. The number of ketones is 2. The van der Waals surface area contributed by atoms with Crippen LogP contribution in [0.4, 0.5) is 5.69 Å². The first kappa shape index (κ1) is 15.7. The molecule has 0 heterocycles.